The molecule has 0 aromatic rings. The molecule has 4 atom stereocenters. The van der Waals surface area contributed by atoms with E-state index < -0.39 is 17.3 Å². The molecule has 0 bridgehead atoms. The first kappa shape index (κ1) is 15.9. The maximum absolute atomic E-state index is 11.3. The maximum Gasteiger partial charge on any atom is 0.511 e. The van der Waals surface area contributed by atoms with E-state index in [2.05, 4.69) is 0 Å². The molecule has 16 heavy (non-hydrogen) atoms. The van der Waals surface area contributed by atoms with Gasteiger partial charge in [-0.15, -0.1) is 0 Å². The Hall–Kier alpha value is -0.150. The summed E-state index contributed by atoms with van der Waals surface area (Å²) in [6, 6.07) is 0. The second-order valence-electron chi connectivity index (χ2n) is 3.96. The molecule has 0 radical (unpaired) electrons. The van der Waals surface area contributed by atoms with Gasteiger partial charge in [-0.05, 0) is 12.8 Å². The fourth-order valence-electron chi connectivity index (χ4n) is 0.815. The highest BCUT2D eigenvalue weighted by Gasteiger charge is 2.22. The zero-order valence-electron chi connectivity index (χ0n) is 10.2. The number of hydrogen-bond acceptors (Lipinski definition) is 3. The molecule has 0 aromatic heterocycles. The van der Waals surface area contributed by atoms with E-state index in [-0.39, 0.29) is 11.8 Å². The Balaban J connectivity index is 3.99. The van der Waals surface area contributed by atoms with E-state index in [1.807, 2.05) is 27.7 Å². The highest BCUT2D eigenvalue weighted by molar-refractivity contribution is 6.21. The Kier molecular flexibility index (Phi) is 7.94. The molecular weight excluding hydrogens is 251 g/mol. The molecule has 0 fully saturated rings. The third kappa shape index (κ3) is 5.80. The largest absolute Gasteiger partial charge is 0.511 e. The molecule has 3 nitrogen and oxygen atoms in total. The number of ether oxygens (including phenoxy) is 2. The van der Waals surface area contributed by atoms with Crippen LogP contribution in [-0.2, 0) is 9.47 Å². The highest BCUT2D eigenvalue weighted by Crippen LogP contribution is 2.19. The minimum Gasteiger partial charge on any atom is -0.414 e. The number of halogens is 2. The van der Waals surface area contributed by atoms with Crippen LogP contribution >= 0.6 is 23.2 Å². The first-order chi connectivity index (χ1) is 7.42. The molecule has 0 N–H and O–H groups in total. The molecule has 0 spiro atoms. The van der Waals surface area contributed by atoms with E-state index in [4.69, 9.17) is 32.7 Å². The summed E-state index contributed by atoms with van der Waals surface area (Å²) in [6.45, 7) is 7.74. The minimum atomic E-state index is -0.805. The van der Waals surface area contributed by atoms with Gasteiger partial charge in [-0.25, -0.2) is 4.79 Å². The van der Waals surface area contributed by atoms with Crippen LogP contribution < -0.4 is 0 Å². The number of carbonyl (C=O) groups is 1. The third-order valence-electron chi connectivity index (χ3n) is 2.60. The van der Waals surface area contributed by atoms with Gasteiger partial charge in [0.15, 0.2) is 11.1 Å². The normalized spacial score (nSPS) is 18.4. The number of alkyl halides is 2. The third-order valence-corrected chi connectivity index (χ3v) is 3.64. The van der Waals surface area contributed by atoms with Crippen LogP contribution in [0.2, 0.25) is 0 Å². The molecule has 0 saturated heterocycles. The summed E-state index contributed by atoms with van der Waals surface area (Å²) in [5, 5.41) is 0. The standard InChI is InChI=1S/C11H20Cl2O3/c1-5-7(3)9(12)15-11(14)16-10(13)8(4)6-2/h7-10H,5-6H2,1-4H3/t7-,8-,9+,10+/m0/s1. The summed E-state index contributed by atoms with van der Waals surface area (Å²) in [4.78, 5) is 11.3. The van der Waals surface area contributed by atoms with Crippen molar-refractivity contribution in [2.45, 2.75) is 51.7 Å². The van der Waals surface area contributed by atoms with Crippen LogP contribution in [0.25, 0.3) is 0 Å². The Labute approximate surface area is 107 Å². The van der Waals surface area contributed by atoms with Crippen molar-refractivity contribution in [1.29, 1.82) is 0 Å². The summed E-state index contributed by atoms with van der Waals surface area (Å²) < 4.78 is 9.78. The second-order valence-corrected chi connectivity index (χ2v) is 4.82. The van der Waals surface area contributed by atoms with Crippen molar-refractivity contribution in [2.24, 2.45) is 11.8 Å². The number of carbonyl (C=O) groups excluding carboxylic acids is 1. The average molecular weight is 271 g/mol. The Morgan fingerprint density at radius 1 is 1.00 bits per heavy atom. The van der Waals surface area contributed by atoms with Crippen molar-refractivity contribution < 1.29 is 14.3 Å². The van der Waals surface area contributed by atoms with E-state index in [0.717, 1.165) is 12.8 Å². The molecular formula is C11H20Cl2O3. The fourth-order valence-corrected chi connectivity index (χ4v) is 1.32. The van der Waals surface area contributed by atoms with Crippen LogP contribution in [0.1, 0.15) is 40.5 Å². The van der Waals surface area contributed by atoms with Gasteiger partial charge >= 0.3 is 6.16 Å². The Bertz CT molecular complexity index is 191. The van der Waals surface area contributed by atoms with Gasteiger partial charge in [0.25, 0.3) is 0 Å². The van der Waals surface area contributed by atoms with Crippen LogP contribution in [0.4, 0.5) is 4.79 Å². The SMILES string of the molecule is CC[C@H](C)[C@H](Cl)OC(=O)O[C@@H](Cl)[C@@H](C)CC. The van der Waals surface area contributed by atoms with Crippen molar-refractivity contribution in [3.63, 3.8) is 0 Å². The Morgan fingerprint density at radius 3 is 1.56 bits per heavy atom. The molecule has 5 heteroatoms. The van der Waals surface area contributed by atoms with E-state index >= 15 is 0 Å². The number of hydrogen-bond donors (Lipinski definition) is 0. The fraction of sp³-hybridized carbons (Fsp3) is 0.909. The molecule has 0 amide bonds. The van der Waals surface area contributed by atoms with Crippen LogP contribution in [0.5, 0.6) is 0 Å². The summed E-state index contributed by atoms with van der Waals surface area (Å²) >= 11 is 11.7. The summed E-state index contributed by atoms with van der Waals surface area (Å²) in [6.07, 6.45) is 0.856. The van der Waals surface area contributed by atoms with Gasteiger partial charge in [0.2, 0.25) is 0 Å². The summed E-state index contributed by atoms with van der Waals surface area (Å²) in [5.41, 5.74) is -1.34. The second kappa shape index (κ2) is 8.02. The monoisotopic (exact) mass is 270 g/mol. The van der Waals surface area contributed by atoms with Crippen LogP contribution in [-0.4, -0.2) is 17.3 Å². The van der Waals surface area contributed by atoms with Crippen molar-refractivity contribution in [3.05, 3.63) is 0 Å². The maximum atomic E-state index is 11.3. The molecule has 0 aliphatic heterocycles. The quantitative estimate of drug-likeness (QED) is 0.531. The van der Waals surface area contributed by atoms with E-state index in [1.54, 1.807) is 0 Å². The summed E-state index contributed by atoms with van der Waals surface area (Å²) in [5.74, 6) is 0.179. The van der Waals surface area contributed by atoms with Gasteiger partial charge in [-0.3, -0.25) is 0 Å². The molecule has 0 rings (SSSR count). The lowest BCUT2D eigenvalue weighted by atomic mass is 10.1. The van der Waals surface area contributed by atoms with Crippen molar-refractivity contribution in [2.75, 3.05) is 0 Å². The van der Waals surface area contributed by atoms with E-state index in [1.165, 1.54) is 0 Å². The van der Waals surface area contributed by atoms with Crippen molar-refractivity contribution in [1.82, 2.24) is 0 Å². The predicted octanol–water partition coefficient (Wildman–Crippen LogP) is 4.36. The molecule has 0 aliphatic carbocycles. The van der Waals surface area contributed by atoms with Gasteiger partial charge in [-0.2, -0.15) is 0 Å². The van der Waals surface area contributed by atoms with E-state index in [9.17, 15) is 4.79 Å². The van der Waals surface area contributed by atoms with Crippen molar-refractivity contribution in [3.8, 4) is 0 Å². The van der Waals surface area contributed by atoms with Crippen LogP contribution in [0.3, 0.4) is 0 Å². The molecule has 0 aromatic carbocycles. The molecule has 0 heterocycles. The van der Waals surface area contributed by atoms with Gasteiger partial charge < -0.3 is 9.47 Å². The van der Waals surface area contributed by atoms with E-state index in [0.29, 0.717) is 0 Å². The molecule has 96 valence electrons. The molecule has 0 aliphatic rings. The Morgan fingerprint density at radius 2 is 1.31 bits per heavy atom. The zero-order valence-corrected chi connectivity index (χ0v) is 11.7. The van der Waals surface area contributed by atoms with Gasteiger partial charge in [0, 0.05) is 11.8 Å². The summed E-state index contributed by atoms with van der Waals surface area (Å²) in [7, 11) is 0. The van der Waals surface area contributed by atoms with Gasteiger partial charge in [0.1, 0.15) is 0 Å². The first-order valence-corrected chi connectivity index (χ1v) is 6.45. The average Bonchev–Trinajstić information content (AvgIpc) is 2.26. The molecule has 0 saturated carbocycles. The van der Waals surface area contributed by atoms with Crippen LogP contribution in [0, 0.1) is 11.8 Å². The minimum absolute atomic E-state index is 0.0894. The topological polar surface area (TPSA) is 35.5 Å². The zero-order chi connectivity index (χ0) is 12.7. The highest BCUT2D eigenvalue weighted by atomic mass is 35.5. The predicted molar refractivity (Wildman–Crippen MR) is 65.8 cm³/mol. The van der Waals surface area contributed by atoms with Crippen LogP contribution in [0.15, 0.2) is 0 Å². The van der Waals surface area contributed by atoms with Crippen molar-refractivity contribution >= 4 is 29.4 Å². The number of rotatable bonds is 6. The lowest BCUT2D eigenvalue weighted by Crippen LogP contribution is -2.25. The first-order valence-electron chi connectivity index (χ1n) is 5.57. The smallest absolute Gasteiger partial charge is 0.414 e. The van der Waals surface area contributed by atoms with Gasteiger partial charge in [0.05, 0.1) is 0 Å². The van der Waals surface area contributed by atoms with Gasteiger partial charge in [-0.1, -0.05) is 50.9 Å². The lowest BCUT2D eigenvalue weighted by molar-refractivity contribution is 0.0139. The lowest BCUT2D eigenvalue weighted by Gasteiger charge is -2.20. The molecule has 0 unspecified atom stereocenters.